The van der Waals surface area contributed by atoms with Gasteiger partial charge in [0, 0.05) is 18.7 Å². The van der Waals surface area contributed by atoms with Crippen molar-refractivity contribution >= 4 is 22.9 Å². The highest BCUT2D eigenvalue weighted by Crippen LogP contribution is 2.06. The molecule has 0 saturated carbocycles. The van der Waals surface area contributed by atoms with Gasteiger partial charge in [0.05, 0.1) is 11.5 Å². The zero-order valence-electron chi connectivity index (χ0n) is 7.86. The largest absolute Gasteiger partial charge is 0.378 e. The molecule has 0 aliphatic carbocycles. The Morgan fingerprint density at radius 1 is 1.21 bits per heavy atom. The number of rotatable bonds is 1. The minimum atomic E-state index is 0.625. The number of nitrogens with zero attached hydrogens (tertiary/aromatic N) is 1. The lowest BCUT2D eigenvalue weighted by Crippen LogP contribution is -2.22. The summed E-state index contributed by atoms with van der Waals surface area (Å²) in [5.74, 6) is 0. The van der Waals surface area contributed by atoms with Crippen LogP contribution in [0.2, 0.25) is 0 Å². The fourth-order valence-electron chi connectivity index (χ4n) is 1.49. The predicted octanol–water partition coefficient (Wildman–Crippen LogP) is 1.80. The van der Waals surface area contributed by atoms with Gasteiger partial charge < -0.3 is 5.32 Å². The molecule has 14 heavy (non-hydrogen) atoms. The van der Waals surface area contributed by atoms with E-state index in [0.29, 0.717) is 6.54 Å². The van der Waals surface area contributed by atoms with E-state index in [4.69, 9.17) is 12.2 Å². The molecule has 1 aromatic rings. The van der Waals surface area contributed by atoms with Crippen LogP contribution >= 0.6 is 12.2 Å². The molecular weight excluding hydrogens is 192 g/mol. The first kappa shape index (κ1) is 9.34. The van der Waals surface area contributed by atoms with Crippen molar-refractivity contribution in [3.8, 4) is 0 Å². The number of aliphatic imine (C=N–C) groups is 1. The Kier molecular flexibility index (Phi) is 2.89. The maximum Gasteiger partial charge on any atom is 0.0971 e. The van der Waals surface area contributed by atoms with Crippen LogP contribution in [0.15, 0.2) is 35.3 Å². The standard InChI is InChI=1S/C11H12N2S/c14-11-8-13-10(6-7-12-11)9-4-2-1-3-5-9/h1-5H,6-8H2,(H,12,14). The van der Waals surface area contributed by atoms with Gasteiger partial charge in [0.15, 0.2) is 0 Å². The zero-order chi connectivity index (χ0) is 9.80. The first-order valence-corrected chi connectivity index (χ1v) is 5.12. The van der Waals surface area contributed by atoms with E-state index >= 15 is 0 Å². The van der Waals surface area contributed by atoms with Crippen LogP contribution in [0.5, 0.6) is 0 Å². The van der Waals surface area contributed by atoms with Gasteiger partial charge >= 0.3 is 0 Å². The van der Waals surface area contributed by atoms with Crippen molar-refractivity contribution in [2.24, 2.45) is 4.99 Å². The smallest absolute Gasteiger partial charge is 0.0971 e. The Balaban J connectivity index is 2.22. The van der Waals surface area contributed by atoms with Crippen LogP contribution in [0.25, 0.3) is 0 Å². The van der Waals surface area contributed by atoms with E-state index in [2.05, 4.69) is 22.4 Å². The van der Waals surface area contributed by atoms with Crippen LogP contribution in [-0.4, -0.2) is 23.8 Å². The van der Waals surface area contributed by atoms with E-state index in [1.54, 1.807) is 0 Å². The number of nitrogens with one attached hydrogen (secondary N) is 1. The van der Waals surface area contributed by atoms with Gasteiger partial charge in [-0.3, -0.25) is 4.99 Å². The number of hydrogen-bond donors (Lipinski definition) is 1. The van der Waals surface area contributed by atoms with Gasteiger partial charge in [-0.15, -0.1) is 0 Å². The summed E-state index contributed by atoms with van der Waals surface area (Å²) >= 11 is 5.08. The molecule has 0 radical (unpaired) electrons. The fraction of sp³-hybridized carbons (Fsp3) is 0.273. The molecule has 0 unspecified atom stereocenters. The van der Waals surface area contributed by atoms with E-state index in [1.165, 1.54) is 5.56 Å². The molecule has 72 valence electrons. The van der Waals surface area contributed by atoms with E-state index in [0.717, 1.165) is 23.7 Å². The van der Waals surface area contributed by atoms with Crippen molar-refractivity contribution in [3.05, 3.63) is 35.9 Å². The Bertz CT molecular complexity index is 357. The normalized spacial score (nSPS) is 16.9. The zero-order valence-corrected chi connectivity index (χ0v) is 8.68. The van der Waals surface area contributed by atoms with Crippen LogP contribution in [-0.2, 0) is 0 Å². The second kappa shape index (κ2) is 4.33. The quantitative estimate of drug-likeness (QED) is 0.705. The van der Waals surface area contributed by atoms with Crippen molar-refractivity contribution < 1.29 is 0 Å². The van der Waals surface area contributed by atoms with E-state index in [9.17, 15) is 0 Å². The maximum atomic E-state index is 5.08. The van der Waals surface area contributed by atoms with Crippen molar-refractivity contribution in [3.63, 3.8) is 0 Å². The fourth-order valence-corrected chi connectivity index (χ4v) is 1.66. The topological polar surface area (TPSA) is 24.4 Å². The van der Waals surface area contributed by atoms with Crippen LogP contribution in [0.3, 0.4) is 0 Å². The lowest BCUT2D eigenvalue weighted by molar-refractivity contribution is 0.931. The molecule has 0 fully saturated rings. The Morgan fingerprint density at radius 2 is 2.00 bits per heavy atom. The Labute approximate surface area is 89.1 Å². The van der Waals surface area contributed by atoms with E-state index in [-0.39, 0.29) is 0 Å². The second-order valence-electron chi connectivity index (χ2n) is 3.23. The molecule has 0 aromatic heterocycles. The third-order valence-electron chi connectivity index (χ3n) is 2.20. The van der Waals surface area contributed by atoms with Gasteiger partial charge in [0.2, 0.25) is 0 Å². The summed E-state index contributed by atoms with van der Waals surface area (Å²) < 4.78 is 0. The van der Waals surface area contributed by atoms with Gasteiger partial charge in [0.1, 0.15) is 0 Å². The summed E-state index contributed by atoms with van der Waals surface area (Å²) in [5.41, 5.74) is 2.36. The summed E-state index contributed by atoms with van der Waals surface area (Å²) in [5, 5.41) is 3.16. The van der Waals surface area contributed by atoms with Crippen LogP contribution in [0.4, 0.5) is 0 Å². The minimum Gasteiger partial charge on any atom is -0.378 e. The third-order valence-corrected chi connectivity index (χ3v) is 2.48. The first-order valence-electron chi connectivity index (χ1n) is 4.72. The van der Waals surface area contributed by atoms with E-state index in [1.807, 2.05) is 18.2 Å². The summed E-state index contributed by atoms with van der Waals surface area (Å²) in [6, 6.07) is 10.3. The SMILES string of the molecule is S=C1CN=C(c2ccccc2)CCN1. The van der Waals surface area contributed by atoms with Crippen LogP contribution < -0.4 is 5.32 Å². The lowest BCUT2D eigenvalue weighted by atomic mass is 10.1. The molecule has 0 saturated heterocycles. The molecule has 1 aliphatic heterocycles. The average molecular weight is 204 g/mol. The average Bonchev–Trinajstić information content (AvgIpc) is 2.44. The highest BCUT2D eigenvalue weighted by Gasteiger charge is 2.07. The third kappa shape index (κ3) is 2.17. The van der Waals surface area contributed by atoms with Crippen molar-refractivity contribution in [1.29, 1.82) is 0 Å². The van der Waals surface area contributed by atoms with Gasteiger partial charge in [-0.2, -0.15) is 0 Å². The molecule has 0 spiro atoms. The van der Waals surface area contributed by atoms with E-state index < -0.39 is 0 Å². The minimum absolute atomic E-state index is 0.625. The molecule has 1 N–H and O–H groups in total. The van der Waals surface area contributed by atoms with Crippen molar-refractivity contribution in [2.45, 2.75) is 6.42 Å². The lowest BCUT2D eigenvalue weighted by Gasteiger charge is -2.02. The van der Waals surface area contributed by atoms with Crippen molar-refractivity contribution in [2.75, 3.05) is 13.1 Å². The number of hydrogen-bond acceptors (Lipinski definition) is 2. The van der Waals surface area contributed by atoms with Gasteiger partial charge in [-0.05, 0) is 5.56 Å². The predicted molar refractivity (Wildman–Crippen MR) is 63.1 cm³/mol. The highest BCUT2D eigenvalue weighted by atomic mass is 32.1. The van der Waals surface area contributed by atoms with Crippen molar-refractivity contribution in [1.82, 2.24) is 5.32 Å². The monoisotopic (exact) mass is 204 g/mol. The van der Waals surface area contributed by atoms with Gasteiger partial charge in [-0.1, -0.05) is 42.5 Å². The highest BCUT2D eigenvalue weighted by molar-refractivity contribution is 7.80. The maximum absolute atomic E-state index is 5.08. The molecule has 3 heteroatoms. The van der Waals surface area contributed by atoms with Gasteiger partial charge in [-0.25, -0.2) is 0 Å². The molecule has 1 heterocycles. The van der Waals surface area contributed by atoms with Gasteiger partial charge in [0.25, 0.3) is 0 Å². The number of thiocarbonyl (C=S) groups is 1. The molecule has 0 atom stereocenters. The molecule has 2 nitrogen and oxygen atoms in total. The molecule has 2 rings (SSSR count). The summed E-state index contributed by atoms with van der Waals surface area (Å²) in [6.45, 7) is 1.52. The Morgan fingerprint density at radius 3 is 2.79 bits per heavy atom. The molecule has 0 amide bonds. The number of benzene rings is 1. The molecular formula is C11H12N2S. The Hall–Kier alpha value is -1.22. The summed E-state index contributed by atoms with van der Waals surface area (Å²) in [4.78, 5) is 5.33. The van der Waals surface area contributed by atoms with Crippen LogP contribution in [0, 0.1) is 0 Å². The summed E-state index contributed by atoms with van der Waals surface area (Å²) in [7, 11) is 0. The summed E-state index contributed by atoms with van der Waals surface area (Å²) in [6.07, 6.45) is 0.949. The second-order valence-corrected chi connectivity index (χ2v) is 3.72. The first-order chi connectivity index (χ1) is 6.86. The molecule has 0 bridgehead atoms. The molecule has 1 aromatic carbocycles. The van der Waals surface area contributed by atoms with Crippen LogP contribution in [0.1, 0.15) is 12.0 Å². The molecule has 1 aliphatic rings.